The average Bonchev–Trinajstić information content (AvgIpc) is 2.41. The summed E-state index contributed by atoms with van der Waals surface area (Å²) in [6.07, 6.45) is 6.97. The van der Waals surface area contributed by atoms with Gasteiger partial charge in [-0.15, -0.1) is 0 Å². The Labute approximate surface area is 118 Å². The Morgan fingerprint density at radius 2 is 2.21 bits per heavy atom. The molecule has 104 valence electrons. The largest absolute Gasteiger partial charge is 0.382 e. The number of hydrogen-bond donors (Lipinski definition) is 1. The molecule has 1 N–H and O–H groups in total. The van der Waals surface area contributed by atoms with E-state index < -0.39 is 0 Å². The number of anilines is 1. The van der Waals surface area contributed by atoms with Gasteiger partial charge in [0.1, 0.15) is 0 Å². The Bertz CT molecular complexity index is 465. The standard InChI is InChI=1S/C14H20N2O2S/c1-10-6-7-12(9-14(10)16(17)18)15-11-4-3-5-13(8-11)19-2/h6-7,9,11,13,15H,3-5,8H2,1-2H3. The van der Waals surface area contributed by atoms with Crippen LogP contribution in [0.4, 0.5) is 11.4 Å². The Balaban J connectivity index is 2.06. The second kappa shape index (κ2) is 6.28. The second-order valence-electron chi connectivity index (χ2n) is 5.12. The van der Waals surface area contributed by atoms with Crippen LogP contribution in [-0.2, 0) is 0 Å². The van der Waals surface area contributed by atoms with E-state index in [4.69, 9.17) is 0 Å². The molecular formula is C14H20N2O2S. The van der Waals surface area contributed by atoms with Crippen molar-refractivity contribution in [2.75, 3.05) is 11.6 Å². The third kappa shape index (κ3) is 3.62. The Morgan fingerprint density at radius 1 is 1.42 bits per heavy atom. The molecule has 0 radical (unpaired) electrons. The molecule has 0 saturated heterocycles. The van der Waals surface area contributed by atoms with Gasteiger partial charge in [0, 0.05) is 28.6 Å². The highest BCUT2D eigenvalue weighted by molar-refractivity contribution is 7.99. The number of benzene rings is 1. The summed E-state index contributed by atoms with van der Waals surface area (Å²) in [6.45, 7) is 1.77. The molecule has 0 spiro atoms. The lowest BCUT2D eigenvalue weighted by molar-refractivity contribution is -0.385. The van der Waals surface area contributed by atoms with E-state index in [0.717, 1.165) is 18.5 Å². The number of thioether (sulfide) groups is 1. The summed E-state index contributed by atoms with van der Waals surface area (Å²) in [5.41, 5.74) is 1.77. The number of rotatable bonds is 4. The van der Waals surface area contributed by atoms with Gasteiger partial charge in [0.2, 0.25) is 0 Å². The van der Waals surface area contributed by atoms with Crippen molar-refractivity contribution in [3.8, 4) is 0 Å². The van der Waals surface area contributed by atoms with E-state index in [2.05, 4.69) is 11.6 Å². The summed E-state index contributed by atoms with van der Waals surface area (Å²) in [5.74, 6) is 0. The van der Waals surface area contributed by atoms with E-state index in [1.807, 2.05) is 23.9 Å². The van der Waals surface area contributed by atoms with Gasteiger partial charge in [0.25, 0.3) is 5.69 Å². The minimum Gasteiger partial charge on any atom is -0.382 e. The van der Waals surface area contributed by atoms with Crippen LogP contribution < -0.4 is 5.32 Å². The van der Waals surface area contributed by atoms with Gasteiger partial charge in [-0.2, -0.15) is 11.8 Å². The van der Waals surface area contributed by atoms with Crippen LogP contribution in [0, 0.1) is 17.0 Å². The second-order valence-corrected chi connectivity index (χ2v) is 6.26. The molecule has 2 unspecified atom stereocenters. The van der Waals surface area contributed by atoms with Crippen LogP contribution >= 0.6 is 11.8 Å². The molecule has 4 nitrogen and oxygen atoms in total. The number of nitro benzene ring substituents is 1. The SMILES string of the molecule is CSC1CCCC(Nc2ccc(C)c([N+](=O)[O-])c2)C1. The van der Waals surface area contributed by atoms with Gasteiger partial charge in [0.05, 0.1) is 4.92 Å². The first kappa shape index (κ1) is 14.2. The Morgan fingerprint density at radius 3 is 2.89 bits per heavy atom. The molecule has 0 aromatic heterocycles. The molecule has 0 bridgehead atoms. The lowest BCUT2D eigenvalue weighted by atomic mass is 9.94. The van der Waals surface area contributed by atoms with Crippen LogP contribution in [0.1, 0.15) is 31.2 Å². The highest BCUT2D eigenvalue weighted by atomic mass is 32.2. The molecule has 1 aliphatic carbocycles. The molecule has 1 aromatic carbocycles. The fourth-order valence-corrected chi connectivity index (χ4v) is 3.45. The first-order chi connectivity index (χ1) is 9.10. The van der Waals surface area contributed by atoms with E-state index in [9.17, 15) is 10.1 Å². The third-order valence-electron chi connectivity index (χ3n) is 3.74. The molecule has 1 aliphatic rings. The van der Waals surface area contributed by atoms with Gasteiger partial charge in [0.15, 0.2) is 0 Å². The van der Waals surface area contributed by atoms with Crippen LogP contribution in [0.2, 0.25) is 0 Å². The molecule has 0 heterocycles. The fourth-order valence-electron chi connectivity index (χ4n) is 2.62. The smallest absolute Gasteiger partial charge is 0.274 e. The van der Waals surface area contributed by atoms with E-state index in [0.29, 0.717) is 16.9 Å². The molecule has 1 saturated carbocycles. The fraction of sp³-hybridized carbons (Fsp3) is 0.571. The summed E-state index contributed by atoms with van der Waals surface area (Å²) in [4.78, 5) is 10.6. The van der Waals surface area contributed by atoms with Crippen molar-refractivity contribution < 1.29 is 4.92 Å². The van der Waals surface area contributed by atoms with Crippen LogP contribution in [0.3, 0.4) is 0 Å². The Kier molecular flexibility index (Phi) is 4.69. The number of nitrogens with one attached hydrogen (secondary N) is 1. The quantitative estimate of drug-likeness (QED) is 0.669. The zero-order valence-corrected chi connectivity index (χ0v) is 12.2. The lowest BCUT2D eigenvalue weighted by Crippen LogP contribution is -2.28. The van der Waals surface area contributed by atoms with Crippen molar-refractivity contribution >= 4 is 23.1 Å². The normalized spacial score (nSPS) is 23.1. The van der Waals surface area contributed by atoms with Gasteiger partial charge < -0.3 is 5.32 Å². The van der Waals surface area contributed by atoms with E-state index >= 15 is 0 Å². The zero-order valence-electron chi connectivity index (χ0n) is 11.4. The first-order valence-corrected chi connectivity index (χ1v) is 7.93. The highest BCUT2D eigenvalue weighted by Crippen LogP contribution is 2.30. The monoisotopic (exact) mass is 280 g/mol. The van der Waals surface area contributed by atoms with E-state index in [1.165, 1.54) is 12.8 Å². The number of aryl methyl sites for hydroxylation is 1. The van der Waals surface area contributed by atoms with Crippen molar-refractivity contribution in [1.29, 1.82) is 0 Å². The minimum atomic E-state index is -0.313. The zero-order chi connectivity index (χ0) is 13.8. The lowest BCUT2D eigenvalue weighted by Gasteiger charge is -2.29. The van der Waals surface area contributed by atoms with Crippen LogP contribution in [0.25, 0.3) is 0 Å². The van der Waals surface area contributed by atoms with Crippen molar-refractivity contribution in [2.45, 2.75) is 43.9 Å². The van der Waals surface area contributed by atoms with Gasteiger partial charge in [-0.3, -0.25) is 10.1 Å². The highest BCUT2D eigenvalue weighted by Gasteiger charge is 2.21. The summed E-state index contributed by atoms with van der Waals surface area (Å²) in [6, 6.07) is 5.84. The molecule has 1 aromatic rings. The minimum absolute atomic E-state index is 0.197. The summed E-state index contributed by atoms with van der Waals surface area (Å²) < 4.78 is 0. The topological polar surface area (TPSA) is 55.2 Å². The van der Waals surface area contributed by atoms with Crippen LogP contribution in [-0.4, -0.2) is 22.5 Å². The summed E-state index contributed by atoms with van der Waals surface area (Å²) >= 11 is 1.92. The van der Waals surface area contributed by atoms with Crippen molar-refractivity contribution in [3.63, 3.8) is 0 Å². The van der Waals surface area contributed by atoms with Gasteiger partial charge in [-0.1, -0.05) is 12.5 Å². The van der Waals surface area contributed by atoms with Crippen LogP contribution in [0.15, 0.2) is 18.2 Å². The molecule has 1 fully saturated rings. The van der Waals surface area contributed by atoms with E-state index in [-0.39, 0.29) is 10.6 Å². The first-order valence-electron chi connectivity index (χ1n) is 6.64. The van der Waals surface area contributed by atoms with Crippen molar-refractivity contribution in [3.05, 3.63) is 33.9 Å². The predicted molar refractivity (Wildman–Crippen MR) is 81.0 cm³/mol. The maximum Gasteiger partial charge on any atom is 0.274 e. The molecule has 0 aliphatic heterocycles. The maximum absolute atomic E-state index is 10.9. The van der Waals surface area contributed by atoms with E-state index in [1.54, 1.807) is 13.0 Å². The number of nitrogens with zero attached hydrogens (tertiary/aromatic N) is 1. The average molecular weight is 280 g/mol. The predicted octanol–water partition coefficient (Wildman–Crippen LogP) is 3.99. The maximum atomic E-state index is 10.9. The molecule has 5 heteroatoms. The van der Waals surface area contributed by atoms with Gasteiger partial charge >= 0.3 is 0 Å². The van der Waals surface area contributed by atoms with Crippen LogP contribution in [0.5, 0.6) is 0 Å². The van der Waals surface area contributed by atoms with Gasteiger partial charge in [-0.05, 0) is 38.5 Å². The molecule has 2 atom stereocenters. The molecule has 2 rings (SSSR count). The third-order valence-corrected chi connectivity index (χ3v) is 4.83. The summed E-state index contributed by atoms with van der Waals surface area (Å²) in [7, 11) is 0. The summed E-state index contributed by atoms with van der Waals surface area (Å²) in [5, 5.41) is 15.1. The van der Waals surface area contributed by atoms with Crippen molar-refractivity contribution in [1.82, 2.24) is 0 Å². The molecule has 19 heavy (non-hydrogen) atoms. The van der Waals surface area contributed by atoms with Gasteiger partial charge in [-0.25, -0.2) is 0 Å². The molecule has 0 amide bonds. The number of hydrogen-bond acceptors (Lipinski definition) is 4. The van der Waals surface area contributed by atoms with Crippen molar-refractivity contribution in [2.24, 2.45) is 0 Å². The molecular weight excluding hydrogens is 260 g/mol. The number of nitro groups is 1. The Hall–Kier alpha value is -1.23.